The van der Waals surface area contributed by atoms with Gasteiger partial charge in [0.2, 0.25) is 0 Å². The molecule has 0 bridgehead atoms. The molecule has 15 heavy (non-hydrogen) atoms. The lowest BCUT2D eigenvalue weighted by Crippen LogP contribution is -1.97. The van der Waals surface area contributed by atoms with Gasteiger partial charge < -0.3 is 14.8 Å². The van der Waals surface area contributed by atoms with Gasteiger partial charge >= 0.3 is 0 Å². The molecule has 1 aromatic carbocycles. The molecule has 0 atom stereocenters. The molecular weight excluding hydrogens is 305 g/mol. The van der Waals surface area contributed by atoms with Crippen LogP contribution in [-0.4, -0.2) is 5.11 Å². The van der Waals surface area contributed by atoms with E-state index in [2.05, 4.69) is 27.9 Å². The average molecular weight is 315 g/mol. The van der Waals surface area contributed by atoms with Crippen molar-refractivity contribution in [3.8, 4) is 5.75 Å². The van der Waals surface area contributed by atoms with E-state index in [0.717, 1.165) is 15.2 Å². The zero-order chi connectivity index (χ0) is 10.7. The number of phenols is 1. The van der Waals surface area contributed by atoms with Crippen LogP contribution in [0, 0.1) is 3.77 Å². The Labute approximate surface area is 101 Å². The van der Waals surface area contributed by atoms with E-state index in [-0.39, 0.29) is 5.75 Å². The Balaban J connectivity index is 1.96. The molecule has 2 rings (SSSR count). The minimum Gasteiger partial charge on any atom is -0.508 e. The molecule has 78 valence electrons. The van der Waals surface area contributed by atoms with Gasteiger partial charge in [-0.05, 0) is 59.0 Å². The fourth-order valence-corrected chi connectivity index (χ4v) is 1.68. The summed E-state index contributed by atoms with van der Waals surface area (Å²) in [5.74, 6) is 1.17. The normalized spacial score (nSPS) is 10.2. The van der Waals surface area contributed by atoms with Gasteiger partial charge in [-0.3, -0.25) is 0 Å². The Morgan fingerprint density at radius 1 is 1.13 bits per heavy atom. The van der Waals surface area contributed by atoms with E-state index in [9.17, 15) is 0 Å². The summed E-state index contributed by atoms with van der Waals surface area (Å²) in [5, 5.41) is 12.3. The van der Waals surface area contributed by atoms with Crippen LogP contribution >= 0.6 is 22.6 Å². The molecule has 0 aliphatic rings. The first-order valence-electron chi connectivity index (χ1n) is 4.51. The molecule has 3 nitrogen and oxygen atoms in total. The Hall–Kier alpha value is -1.17. The molecule has 2 N–H and O–H groups in total. The van der Waals surface area contributed by atoms with Crippen molar-refractivity contribution in [3.63, 3.8) is 0 Å². The van der Waals surface area contributed by atoms with Crippen molar-refractivity contribution in [1.82, 2.24) is 0 Å². The number of anilines is 1. The maximum Gasteiger partial charge on any atom is 0.164 e. The van der Waals surface area contributed by atoms with Gasteiger partial charge in [0.25, 0.3) is 0 Å². The van der Waals surface area contributed by atoms with Crippen LogP contribution in [0.1, 0.15) is 5.76 Å². The Kier molecular flexibility index (Phi) is 3.15. The topological polar surface area (TPSA) is 45.4 Å². The first kappa shape index (κ1) is 10.4. The zero-order valence-electron chi connectivity index (χ0n) is 7.90. The van der Waals surface area contributed by atoms with E-state index in [1.807, 2.05) is 24.3 Å². The van der Waals surface area contributed by atoms with Crippen molar-refractivity contribution in [1.29, 1.82) is 0 Å². The van der Waals surface area contributed by atoms with Crippen LogP contribution in [0.5, 0.6) is 5.75 Å². The number of hydrogen-bond acceptors (Lipinski definition) is 3. The number of halogens is 1. The molecule has 0 saturated heterocycles. The van der Waals surface area contributed by atoms with Gasteiger partial charge in [0.1, 0.15) is 11.5 Å². The van der Waals surface area contributed by atoms with Crippen molar-refractivity contribution < 1.29 is 9.52 Å². The first-order chi connectivity index (χ1) is 7.24. The molecule has 0 aliphatic carbocycles. The molecule has 0 unspecified atom stereocenters. The molecule has 0 fully saturated rings. The fraction of sp³-hybridized carbons (Fsp3) is 0.0909. The van der Waals surface area contributed by atoms with Gasteiger partial charge in [0.05, 0.1) is 6.54 Å². The summed E-state index contributed by atoms with van der Waals surface area (Å²) >= 11 is 2.13. The number of furan rings is 1. The molecule has 0 aliphatic heterocycles. The van der Waals surface area contributed by atoms with Gasteiger partial charge in [-0.1, -0.05) is 0 Å². The highest BCUT2D eigenvalue weighted by molar-refractivity contribution is 14.1. The number of rotatable bonds is 3. The average Bonchev–Trinajstić information content (AvgIpc) is 2.64. The second kappa shape index (κ2) is 4.57. The first-order valence-corrected chi connectivity index (χ1v) is 5.59. The van der Waals surface area contributed by atoms with Gasteiger partial charge in [0, 0.05) is 5.69 Å². The highest BCUT2D eigenvalue weighted by Gasteiger charge is 1.98. The van der Waals surface area contributed by atoms with Crippen LogP contribution in [0.2, 0.25) is 0 Å². The van der Waals surface area contributed by atoms with E-state index in [4.69, 9.17) is 9.52 Å². The van der Waals surface area contributed by atoms with Crippen molar-refractivity contribution in [3.05, 3.63) is 45.9 Å². The smallest absolute Gasteiger partial charge is 0.164 e. The minimum atomic E-state index is 0.271. The van der Waals surface area contributed by atoms with Crippen molar-refractivity contribution in [2.75, 3.05) is 5.32 Å². The predicted molar refractivity (Wildman–Crippen MR) is 66.9 cm³/mol. The van der Waals surface area contributed by atoms with Crippen molar-refractivity contribution in [2.45, 2.75) is 6.54 Å². The third-order valence-corrected chi connectivity index (χ3v) is 2.54. The molecule has 4 heteroatoms. The molecule has 1 heterocycles. The molecule has 1 aromatic heterocycles. The van der Waals surface area contributed by atoms with Crippen LogP contribution < -0.4 is 5.32 Å². The third kappa shape index (κ3) is 2.89. The van der Waals surface area contributed by atoms with Crippen LogP contribution in [0.15, 0.2) is 40.8 Å². The van der Waals surface area contributed by atoms with Crippen LogP contribution in [0.25, 0.3) is 0 Å². The van der Waals surface area contributed by atoms with Gasteiger partial charge in [0.15, 0.2) is 3.77 Å². The van der Waals surface area contributed by atoms with E-state index in [1.165, 1.54) is 0 Å². The van der Waals surface area contributed by atoms with E-state index in [0.29, 0.717) is 6.54 Å². The van der Waals surface area contributed by atoms with Crippen LogP contribution in [0.4, 0.5) is 5.69 Å². The maximum absolute atomic E-state index is 9.10. The monoisotopic (exact) mass is 315 g/mol. The number of hydrogen-bond donors (Lipinski definition) is 2. The highest BCUT2D eigenvalue weighted by Crippen LogP contribution is 2.16. The van der Waals surface area contributed by atoms with Crippen molar-refractivity contribution in [2.24, 2.45) is 0 Å². The summed E-state index contributed by atoms with van der Waals surface area (Å²) in [6.45, 7) is 0.647. The highest BCUT2D eigenvalue weighted by atomic mass is 127. The minimum absolute atomic E-state index is 0.271. The Morgan fingerprint density at radius 2 is 1.87 bits per heavy atom. The molecular formula is C11H10INO2. The summed E-state index contributed by atoms with van der Waals surface area (Å²) < 4.78 is 6.29. The third-order valence-electron chi connectivity index (χ3n) is 1.96. The lowest BCUT2D eigenvalue weighted by atomic mass is 10.3. The zero-order valence-corrected chi connectivity index (χ0v) is 10.1. The second-order valence-electron chi connectivity index (χ2n) is 3.11. The lowest BCUT2D eigenvalue weighted by Gasteiger charge is -2.03. The van der Waals surface area contributed by atoms with E-state index in [1.54, 1.807) is 12.1 Å². The Bertz CT molecular complexity index is 436. The second-order valence-corrected chi connectivity index (χ2v) is 4.17. The predicted octanol–water partition coefficient (Wildman–Crippen LogP) is 3.20. The molecule has 0 saturated carbocycles. The summed E-state index contributed by atoms with van der Waals surface area (Å²) in [6.07, 6.45) is 0. The largest absolute Gasteiger partial charge is 0.508 e. The molecule has 0 spiro atoms. The van der Waals surface area contributed by atoms with E-state index >= 15 is 0 Å². The number of nitrogens with one attached hydrogen (secondary N) is 1. The van der Waals surface area contributed by atoms with Gasteiger partial charge in [-0.25, -0.2) is 0 Å². The molecule has 0 amide bonds. The summed E-state index contributed by atoms with van der Waals surface area (Å²) in [4.78, 5) is 0. The van der Waals surface area contributed by atoms with Crippen LogP contribution in [0.3, 0.4) is 0 Å². The Morgan fingerprint density at radius 3 is 2.47 bits per heavy atom. The number of phenolic OH excluding ortho intramolecular Hbond substituents is 1. The standard InChI is InChI=1S/C11H10INO2/c12-11-6-5-10(15-11)7-13-8-1-3-9(14)4-2-8/h1-6,13-14H,7H2. The van der Waals surface area contributed by atoms with Gasteiger partial charge in [-0.15, -0.1) is 0 Å². The number of aromatic hydroxyl groups is 1. The summed E-state index contributed by atoms with van der Waals surface area (Å²) in [6, 6.07) is 10.8. The van der Waals surface area contributed by atoms with E-state index < -0.39 is 0 Å². The van der Waals surface area contributed by atoms with Gasteiger partial charge in [-0.2, -0.15) is 0 Å². The lowest BCUT2D eigenvalue weighted by molar-refractivity contribution is 0.475. The maximum atomic E-state index is 9.10. The van der Waals surface area contributed by atoms with Crippen LogP contribution in [-0.2, 0) is 6.54 Å². The number of benzene rings is 1. The quantitative estimate of drug-likeness (QED) is 0.675. The fourth-order valence-electron chi connectivity index (χ4n) is 1.22. The van der Waals surface area contributed by atoms with Crippen molar-refractivity contribution >= 4 is 28.3 Å². The summed E-state index contributed by atoms with van der Waals surface area (Å²) in [5.41, 5.74) is 0.958. The summed E-state index contributed by atoms with van der Waals surface area (Å²) in [7, 11) is 0. The molecule has 0 radical (unpaired) electrons. The molecule has 2 aromatic rings. The SMILES string of the molecule is Oc1ccc(NCc2ccc(I)o2)cc1.